The van der Waals surface area contributed by atoms with E-state index in [-0.39, 0.29) is 23.9 Å². The molecule has 9 nitrogen and oxygen atoms in total. The second kappa shape index (κ2) is 7.24. The molecule has 27 heavy (non-hydrogen) atoms. The van der Waals surface area contributed by atoms with Gasteiger partial charge in [0.25, 0.3) is 0 Å². The Kier molecular flexibility index (Phi) is 4.48. The fourth-order valence-corrected chi connectivity index (χ4v) is 2.70. The van der Waals surface area contributed by atoms with Gasteiger partial charge in [-0.3, -0.25) is 9.59 Å². The van der Waals surface area contributed by atoms with Gasteiger partial charge in [-0.2, -0.15) is 4.98 Å². The number of hydrogen-bond donors (Lipinski definition) is 2. The minimum absolute atomic E-state index is 0.125. The van der Waals surface area contributed by atoms with Gasteiger partial charge in [0.2, 0.25) is 23.2 Å². The summed E-state index contributed by atoms with van der Waals surface area (Å²) >= 11 is 0. The van der Waals surface area contributed by atoms with Crippen LogP contribution in [0.15, 0.2) is 58.2 Å². The van der Waals surface area contributed by atoms with E-state index in [1.807, 2.05) is 28.8 Å². The van der Waals surface area contributed by atoms with Crippen LogP contribution in [0.25, 0.3) is 22.4 Å². The number of fused-ring (bicyclic) bond motifs is 1. The quantitative estimate of drug-likeness (QED) is 0.535. The molecule has 0 spiro atoms. The maximum absolute atomic E-state index is 12.1. The average Bonchev–Trinajstić information content (AvgIpc) is 3.32. The van der Waals surface area contributed by atoms with Gasteiger partial charge in [-0.15, -0.1) is 0 Å². The van der Waals surface area contributed by atoms with Crippen molar-refractivity contribution in [3.8, 4) is 11.4 Å². The molecule has 0 saturated heterocycles. The second-order valence-corrected chi connectivity index (χ2v) is 5.91. The summed E-state index contributed by atoms with van der Waals surface area (Å²) in [5.41, 5.74) is 2.19. The first-order chi connectivity index (χ1) is 13.2. The third-order valence-electron chi connectivity index (χ3n) is 4.05. The highest BCUT2D eigenvalue weighted by atomic mass is 16.5. The first kappa shape index (κ1) is 16.7. The third-order valence-corrected chi connectivity index (χ3v) is 4.05. The van der Waals surface area contributed by atoms with Gasteiger partial charge < -0.3 is 19.4 Å². The second-order valence-electron chi connectivity index (χ2n) is 5.91. The van der Waals surface area contributed by atoms with Crippen molar-refractivity contribution >= 4 is 16.9 Å². The zero-order valence-electron chi connectivity index (χ0n) is 14.3. The van der Waals surface area contributed by atoms with E-state index in [0.29, 0.717) is 24.4 Å². The summed E-state index contributed by atoms with van der Waals surface area (Å²) in [6, 6.07) is 10.8. The number of aromatic amines is 1. The predicted molar refractivity (Wildman–Crippen MR) is 96.6 cm³/mol. The van der Waals surface area contributed by atoms with Gasteiger partial charge in [0.1, 0.15) is 0 Å². The highest BCUT2D eigenvalue weighted by Gasteiger charge is 2.11. The zero-order chi connectivity index (χ0) is 18.6. The number of imidazole rings is 1. The number of nitrogens with zero attached hydrogens (tertiary/aromatic N) is 4. The van der Waals surface area contributed by atoms with E-state index in [1.165, 1.54) is 12.3 Å². The monoisotopic (exact) mass is 364 g/mol. The third kappa shape index (κ3) is 3.76. The van der Waals surface area contributed by atoms with Crippen LogP contribution in [0, 0.1) is 0 Å². The van der Waals surface area contributed by atoms with Crippen molar-refractivity contribution in [2.24, 2.45) is 0 Å². The predicted octanol–water partition coefficient (Wildman–Crippen LogP) is 1.48. The van der Waals surface area contributed by atoms with Crippen molar-refractivity contribution in [1.82, 2.24) is 30.0 Å². The first-order valence-corrected chi connectivity index (χ1v) is 8.37. The van der Waals surface area contributed by atoms with Crippen LogP contribution in [0.2, 0.25) is 0 Å². The Labute approximate surface area is 153 Å². The van der Waals surface area contributed by atoms with E-state index in [2.05, 4.69) is 25.4 Å². The van der Waals surface area contributed by atoms with Crippen LogP contribution < -0.4 is 10.9 Å². The molecule has 4 rings (SSSR count). The first-order valence-electron chi connectivity index (χ1n) is 8.37. The molecule has 3 heterocycles. The molecule has 0 radical (unpaired) electrons. The molecular weight excluding hydrogens is 348 g/mol. The molecule has 0 aliphatic rings. The standard InChI is InChI=1S/C18H16N6O3/c25-15(6-8-24-11-21-13-3-1-2-4-14(13)24)20-10-17-22-18(23-27-17)12-5-7-19-16(26)9-12/h1-5,7,9,11H,6,8,10H2,(H,19,26)(H,20,25). The molecular formula is C18H16N6O3. The summed E-state index contributed by atoms with van der Waals surface area (Å²) in [5.74, 6) is 0.436. The molecule has 9 heteroatoms. The Morgan fingerprint density at radius 2 is 2.15 bits per heavy atom. The summed E-state index contributed by atoms with van der Waals surface area (Å²) in [7, 11) is 0. The molecule has 136 valence electrons. The topological polar surface area (TPSA) is 119 Å². The lowest BCUT2D eigenvalue weighted by molar-refractivity contribution is -0.121. The van der Waals surface area contributed by atoms with Crippen molar-refractivity contribution in [2.45, 2.75) is 19.5 Å². The van der Waals surface area contributed by atoms with E-state index in [1.54, 1.807) is 12.4 Å². The van der Waals surface area contributed by atoms with Crippen molar-refractivity contribution in [2.75, 3.05) is 0 Å². The van der Waals surface area contributed by atoms with Gasteiger partial charge in [0, 0.05) is 30.8 Å². The fraction of sp³-hybridized carbons (Fsp3) is 0.167. The van der Waals surface area contributed by atoms with Crippen LogP contribution in [0.5, 0.6) is 0 Å². The lowest BCUT2D eigenvalue weighted by Gasteiger charge is -2.04. The molecule has 0 unspecified atom stereocenters. The number of carbonyl (C=O) groups is 1. The van der Waals surface area contributed by atoms with Gasteiger partial charge in [-0.05, 0) is 18.2 Å². The van der Waals surface area contributed by atoms with Crippen molar-refractivity contribution in [1.29, 1.82) is 0 Å². The Bertz CT molecular complexity index is 1140. The number of carbonyl (C=O) groups excluding carboxylic acids is 1. The highest BCUT2D eigenvalue weighted by molar-refractivity contribution is 5.77. The van der Waals surface area contributed by atoms with E-state index in [9.17, 15) is 9.59 Å². The summed E-state index contributed by atoms with van der Waals surface area (Å²) in [4.78, 5) is 34.4. The van der Waals surface area contributed by atoms with Crippen molar-refractivity contribution in [3.63, 3.8) is 0 Å². The molecule has 3 aromatic heterocycles. The van der Waals surface area contributed by atoms with Gasteiger partial charge in [0.15, 0.2) is 0 Å². The number of para-hydroxylation sites is 2. The number of aromatic nitrogens is 5. The van der Waals surface area contributed by atoms with Crippen molar-refractivity contribution < 1.29 is 9.32 Å². The Hall–Kier alpha value is -3.75. The van der Waals surface area contributed by atoms with Gasteiger partial charge in [0.05, 0.1) is 23.9 Å². The van der Waals surface area contributed by atoms with Crippen LogP contribution in [0.1, 0.15) is 12.3 Å². The number of H-pyrrole nitrogens is 1. The summed E-state index contributed by atoms with van der Waals surface area (Å²) in [6.07, 6.45) is 3.54. The lowest BCUT2D eigenvalue weighted by Crippen LogP contribution is -2.24. The summed E-state index contributed by atoms with van der Waals surface area (Å²) in [6.45, 7) is 0.647. The molecule has 1 aromatic carbocycles. The molecule has 1 amide bonds. The Morgan fingerprint density at radius 3 is 3.04 bits per heavy atom. The molecule has 4 aromatic rings. The number of hydrogen-bond acceptors (Lipinski definition) is 6. The summed E-state index contributed by atoms with van der Waals surface area (Å²) < 4.78 is 7.05. The zero-order valence-corrected chi connectivity index (χ0v) is 14.3. The van der Waals surface area contributed by atoms with Gasteiger partial charge in [-0.1, -0.05) is 17.3 Å². The van der Waals surface area contributed by atoms with Crippen LogP contribution in [0.4, 0.5) is 0 Å². The minimum atomic E-state index is -0.251. The molecule has 2 N–H and O–H groups in total. The molecule has 0 bridgehead atoms. The Balaban J connectivity index is 1.32. The minimum Gasteiger partial charge on any atom is -0.347 e. The van der Waals surface area contributed by atoms with Crippen molar-refractivity contribution in [3.05, 3.63) is 65.2 Å². The number of rotatable bonds is 6. The van der Waals surface area contributed by atoms with E-state index in [0.717, 1.165) is 11.0 Å². The number of nitrogens with one attached hydrogen (secondary N) is 2. The Morgan fingerprint density at radius 1 is 1.26 bits per heavy atom. The number of benzene rings is 1. The largest absolute Gasteiger partial charge is 0.347 e. The molecule has 0 aliphatic carbocycles. The molecule has 0 saturated carbocycles. The van der Waals surface area contributed by atoms with E-state index >= 15 is 0 Å². The number of aryl methyl sites for hydroxylation is 1. The normalized spacial score (nSPS) is 11.0. The molecule has 0 atom stereocenters. The lowest BCUT2D eigenvalue weighted by atomic mass is 10.2. The average molecular weight is 364 g/mol. The number of amides is 1. The van der Waals surface area contributed by atoms with E-state index < -0.39 is 0 Å². The van der Waals surface area contributed by atoms with Crippen LogP contribution >= 0.6 is 0 Å². The van der Waals surface area contributed by atoms with E-state index in [4.69, 9.17) is 4.52 Å². The van der Waals surface area contributed by atoms with Gasteiger partial charge >= 0.3 is 0 Å². The highest BCUT2D eigenvalue weighted by Crippen LogP contribution is 2.13. The summed E-state index contributed by atoms with van der Waals surface area (Å²) in [5, 5.41) is 6.57. The fourth-order valence-electron chi connectivity index (χ4n) is 2.70. The SMILES string of the molecule is O=C(CCn1cnc2ccccc21)NCc1nc(-c2cc[nH]c(=O)c2)no1. The van der Waals surface area contributed by atoms with Crippen LogP contribution in [0.3, 0.4) is 0 Å². The van der Waals surface area contributed by atoms with Crippen LogP contribution in [-0.2, 0) is 17.9 Å². The number of pyridine rings is 1. The molecule has 0 aliphatic heterocycles. The smallest absolute Gasteiger partial charge is 0.248 e. The molecule has 0 fully saturated rings. The van der Waals surface area contributed by atoms with Crippen LogP contribution in [-0.4, -0.2) is 30.6 Å². The van der Waals surface area contributed by atoms with Gasteiger partial charge in [-0.25, -0.2) is 4.98 Å². The maximum Gasteiger partial charge on any atom is 0.248 e. The maximum atomic E-state index is 12.1.